The van der Waals surface area contributed by atoms with Gasteiger partial charge in [0, 0.05) is 26.2 Å². The van der Waals surface area contributed by atoms with Crippen molar-refractivity contribution in [3.05, 3.63) is 35.9 Å². The summed E-state index contributed by atoms with van der Waals surface area (Å²) in [5.74, 6) is -1.29. The molecule has 0 aromatic heterocycles. The molecule has 0 bridgehead atoms. The fraction of sp³-hybridized carbons (Fsp3) is 0.533. The Kier molecular flexibility index (Phi) is 5.52. The number of rotatable bonds is 6. The fourth-order valence-electron chi connectivity index (χ4n) is 2.48. The van der Waals surface area contributed by atoms with Crippen LogP contribution in [-0.4, -0.2) is 61.9 Å². The summed E-state index contributed by atoms with van der Waals surface area (Å²) in [7, 11) is 1.94. The lowest BCUT2D eigenvalue weighted by Gasteiger charge is -2.29. The lowest BCUT2D eigenvalue weighted by Crippen LogP contribution is -2.45. The van der Waals surface area contributed by atoms with Crippen LogP contribution in [0, 0.1) is 0 Å². The number of carboxylic acids is 1. The average molecular weight is 278 g/mol. The van der Waals surface area contributed by atoms with Crippen LogP contribution in [0.2, 0.25) is 0 Å². The SMILES string of the molecule is CN(CC1CNCCO1)CC(C(=O)O)c1ccccc1. The van der Waals surface area contributed by atoms with Crippen LogP contribution in [0.25, 0.3) is 0 Å². The van der Waals surface area contributed by atoms with Crippen LogP contribution in [0.5, 0.6) is 0 Å². The molecule has 5 heteroatoms. The van der Waals surface area contributed by atoms with Crippen molar-refractivity contribution >= 4 is 5.97 Å². The Morgan fingerprint density at radius 3 is 2.85 bits per heavy atom. The lowest BCUT2D eigenvalue weighted by atomic mass is 9.99. The van der Waals surface area contributed by atoms with Gasteiger partial charge in [0.15, 0.2) is 0 Å². The van der Waals surface area contributed by atoms with Crippen molar-refractivity contribution in [2.75, 3.05) is 39.8 Å². The number of morpholine rings is 1. The van der Waals surface area contributed by atoms with Crippen molar-refractivity contribution in [1.82, 2.24) is 10.2 Å². The first-order chi connectivity index (χ1) is 9.66. The number of nitrogens with one attached hydrogen (secondary N) is 1. The lowest BCUT2D eigenvalue weighted by molar-refractivity contribution is -0.139. The van der Waals surface area contributed by atoms with Gasteiger partial charge in [0.1, 0.15) is 0 Å². The number of hydrogen-bond acceptors (Lipinski definition) is 4. The van der Waals surface area contributed by atoms with Gasteiger partial charge in [-0.05, 0) is 12.6 Å². The molecule has 110 valence electrons. The van der Waals surface area contributed by atoms with Gasteiger partial charge in [-0.1, -0.05) is 30.3 Å². The van der Waals surface area contributed by atoms with Gasteiger partial charge in [0.2, 0.25) is 0 Å². The zero-order chi connectivity index (χ0) is 14.4. The summed E-state index contributed by atoms with van der Waals surface area (Å²) < 4.78 is 5.64. The van der Waals surface area contributed by atoms with E-state index in [9.17, 15) is 9.90 Å². The smallest absolute Gasteiger partial charge is 0.312 e. The van der Waals surface area contributed by atoms with E-state index in [4.69, 9.17) is 4.74 Å². The maximum Gasteiger partial charge on any atom is 0.312 e. The summed E-state index contributed by atoms with van der Waals surface area (Å²) in [6.45, 7) is 3.66. The molecule has 20 heavy (non-hydrogen) atoms. The molecule has 1 heterocycles. The van der Waals surface area contributed by atoms with E-state index < -0.39 is 11.9 Å². The van der Waals surface area contributed by atoms with Crippen LogP contribution in [-0.2, 0) is 9.53 Å². The van der Waals surface area contributed by atoms with E-state index in [0.29, 0.717) is 6.54 Å². The largest absolute Gasteiger partial charge is 0.481 e. The van der Waals surface area contributed by atoms with E-state index in [1.165, 1.54) is 0 Å². The minimum atomic E-state index is -0.786. The molecule has 1 aromatic carbocycles. The van der Waals surface area contributed by atoms with Crippen molar-refractivity contribution in [1.29, 1.82) is 0 Å². The summed E-state index contributed by atoms with van der Waals surface area (Å²) in [4.78, 5) is 13.5. The number of carboxylic acid groups (broad SMARTS) is 1. The molecule has 1 aromatic rings. The average Bonchev–Trinajstić information content (AvgIpc) is 2.46. The molecular formula is C15H22N2O3. The number of aliphatic carboxylic acids is 1. The van der Waals surface area contributed by atoms with E-state index in [1.807, 2.05) is 42.3 Å². The van der Waals surface area contributed by atoms with Crippen LogP contribution in [0.15, 0.2) is 30.3 Å². The molecule has 0 spiro atoms. The van der Waals surface area contributed by atoms with E-state index in [0.717, 1.165) is 31.8 Å². The molecule has 0 aliphatic carbocycles. The highest BCUT2D eigenvalue weighted by Gasteiger charge is 2.23. The van der Waals surface area contributed by atoms with Crippen molar-refractivity contribution < 1.29 is 14.6 Å². The van der Waals surface area contributed by atoms with Crippen LogP contribution in [0.1, 0.15) is 11.5 Å². The highest BCUT2D eigenvalue weighted by molar-refractivity contribution is 5.76. The van der Waals surface area contributed by atoms with Crippen molar-refractivity contribution in [2.45, 2.75) is 12.0 Å². The number of nitrogens with zero attached hydrogens (tertiary/aromatic N) is 1. The third kappa shape index (κ3) is 4.30. The molecule has 0 amide bonds. The summed E-state index contributed by atoms with van der Waals surface area (Å²) in [5.41, 5.74) is 0.842. The van der Waals surface area contributed by atoms with Crippen LogP contribution in [0.3, 0.4) is 0 Å². The molecule has 1 fully saturated rings. The van der Waals surface area contributed by atoms with Gasteiger partial charge in [0.05, 0.1) is 18.6 Å². The van der Waals surface area contributed by atoms with Crippen molar-refractivity contribution in [2.24, 2.45) is 0 Å². The summed E-state index contributed by atoms with van der Waals surface area (Å²) >= 11 is 0. The zero-order valence-corrected chi connectivity index (χ0v) is 11.8. The fourth-order valence-corrected chi connectivity index (χ4v) is 2.48. The number of ether oxygens (including phenoxy) is 1. The van der Waals surface area contributed by atoms with Gasteiger partial charge in [-0.25, -0.2) is 0 Å². The van der Waals surface area contributed by atoms with Crippen LogP contribution >= 0.6 is 0 Å². The number of carbonyl (C=O) groups is 1. The first kappa shape index (κ1) is 15.0. The molecular weight excluding hydrogens is 256 g/mol. The molecule has 2 rings (SSSR count). The van der Waals surface area contributed by atoms with E-state index >= 15 is 0 Å². The Labute approximate surface area is 119 Å². The number of likely N-dealkylation sites (N-methyl/N-ethyl adjacent to an activating group) is 1. The van der Waals surface area contributed by atoms with Crippen molar-refractivity contribution in [3.8, 4) is 0 Å². The Balaban J connectivity index is 1.92. The predicted molar refractivity (Wildman–Crippen MR) is 76.9 cm³/mol. The normalized spacial score (nSPS) is 20.8. The predicted octanol–water partition coefficient (Wildman–Crippen LogP) is 0.775. The topological polar surface area (TPSA) is 61.8 Å². The van der Waals surface area contributed by atoms with Gasteiger partial charge in [-0.2, -0.15) is 0 Å². The number of benzene rings is 1. The minimum absolute atomic E-state index is 0.138. The molecule has 0 saturated carbocycles. The molecule has 1 aliphatic heterocycles. The molecule has 2 N–H and O–H groups in total. The van der Waals surface area contributed by atoms with E-state index in [2.05, 4.69) is 5.32 Å². The Morgan fingerprint density at radius 1 is 1.50 bits per heavy atom. The van der Waals surface area contributed by atoms with E-state index in [1.54, 1.807) is 0 Å². The molecule has 2 atom stereocenters. The second-order valence-corrected chi connectivity index (χ2v) is 5.22. The van der Waals surface area contributed by atoms with Crippen LogP contribution in [0.4, 0.5) is 0 Å². The first-order valence-electron chi connectivity index (χ1n) is 6.95. The quantitative estimate of drug-likeness (QED) is 0.805. The third-order valence-corrected chi connectivity index (χ3v) is 3.51. The van der Waals surface area contributed by atoms with Gasteiger partial charge < -0.3 is 20.1 Å². The minimum Gasteiger partial charge on any atom is -0.481 e. The third-order valence-electron chi connectivity index (χ3n) is 3.51. The standard InChI is InChI=1S/C15H22N2O3/c1-17(10-13-9-16-7-8-20-13)11-14(15(18)19)12-5-3-2-4-6-12/h2-6,13-14,16H,7-11H2,1H3,(H,18,19). The molecule has 2 unspecified atom stereocenters. The Morgan fingerprint density at radius 2 is 2.25 bits per heavy atom. The van der Waals surface area contributed by atoms with Crippen LogP contribution < -0.4 is 5.32 Å². The van der Waals surface area contributed by atoms with Crippen molar-refractivity contribution in [3.63, 3.8) is 0 Å². The molecule has 5 nitrogen and oxygen atoms in total. The van der Waals surface area contributed by atoms with Gasteiger partial charge in [-0.3, -0.25) is 4.79 Å². The summed E-state index contributed by atoms with van der Waals surface area (Å²) in [5, 5.41) is 12.7. The van der Waals surface area contributed by atoms with Gasteiger partial charge >= 0.3 is 5.97 Å². The Bertz CT molecular complexity index is 418. The molecule has 0 radical (unpaired) electrons. The van der Waals surface area contributed by atoms with E-state index in [-0.39, 0.29) is 6.10 Å². The van der Waals surface area contributed by atoms with Gasteiger partial charge in [-0.15, -0.1) is 0 Å². The maximum absolute atomic E-state index is 11.5. The van der Waals surface area contributed by atoms with Gasteiger partial charge in [0.25, 0.3) is 0 Å². The summed E-state index contributed by atoms with van der Waals surface area (Å²) in [6, 6.07) is 9.38. The maximum atomic E-state index is 11.5. The number of hydrogen-bond donors (Lipinski definition) is 2. The first-order valence-corrected chi connectivity index (χ1v) is 6.95. The molecule has 1 saturated heterocycles. The second kappa shape index (κ2) is 7.38. The zero-order valence-electron chi connectivity index (χ0n) is 11.8. The summed E-state index contributed by atoms with van der Waals surface area (Å²) in [6.07, 6.45) is 0.138. The highest BCUT2D eigenvalue weighted by Crippen LogP contribution is 2.17. The highest BCUT2D eigenvalue weighted by atomic mass is 16.5. The molecule has 1 aliphatic rings. The Hall–Kier alpha value is -1.43. The second-order valence-electron chi connectivity index (χ2n) is 5.22. The monoisotopic (exact) mass is 278 g/mol.